The molecule has 0 amide bonds. The molecule has 2 heteroatoms. The Hall–Kier alpha value is -0.0800. The largest absolute Gasteiger partial charge is 0.330 e. The second-order valence-corrected chi connectivity index (χ2v) is 6.87. The van der Waals surface area contributed by atoms with Crippen molar-refractivity contribution >= 4 is 0 Å². The molecular formula is C17H34N2. The third-order valence-corrected chi connectivity index (χ3v) is 5.50. The molecule has 0 bridgehead atoms. The van der Waals surface area contributed by atoms with Gasteiger partial charge >= 0.3 is 0 Å². The minimum Gasteiger partial charge on any atom is -0.330 e. The highest BCUT2D eigenvalue weighted by Crippen LogP contribution is 2.31. The van der Waals surface area contributed by atoms with Crippen molar-refractivity contribution in [2.45, 2.75) is 77.2 Å². The van der Waals surface area contributed by atoms with Crippen LogP contribution < -0.4 is 5.73 Å². The number of hydrogen-bond donors (Lipinski definition) is 1. The van der Waals surface area contributed by atoms with E-state index in [0.29, 0.717) is 0 Å². The summed E-state index contributed by atoms with van der Waals surface area (Å²) >= 11 is 0. The maximum Gasteiger partial charge on any atom is 0.00953 e. The molecule has 2 fully saturated rings. The van der Waals surface area contributed by atoms with E-state index in [-0.39, 0.29) is 0 Å². The Morgan fingerprint density at radius 1 is 0.895 bits per heavy atom. The summed E-state index contributed by atoms with van der Waals surface area (Å²) < 4.78 is 0. The normalized spacial score (nSPS) is 31.3. The fraction of sp³-hybridized carbons (Fsp3) is 1.00. The molecule has 2 unspecified atom stereocenters. The Balaban J connectivity index is 1.73. The van der Waals surface area contributed by atoms with Crippen molar-refractivity contribution in [2.75, 3.05) is 19.6 Å². The summed E-state index contributed by atoms with van der Waals surface area (Å²) in [6.07, 6.45) is 14.3. The van der Waals surface area contributed by atoms with Crippen molar-refractivity contribution in [1.29, 1.82) is 0 Å². The van der Waals surface area contributed by atoms with Crippen molar-refractivity contribution in [3.8, 4) is 0 Å². The van der Waals surface area contributed by atoms with Gasteiger partial charge in [0, 0.05) is 6.04 Å². The zero-order valence-electron chi connectivity index (χ0n) is 12.9. The molecular weight excluding hydrogens is 232 g/mol. The summed E-state index contributed by atoms with van der Waals surface area (Å²) in [5.41, 5.74) is 5.69. The summed E-state index contributed by atoms with van der Waals surface area (Å²) in [5, 5.41) is 0. The van der Waals surface area contributed by atoms with E-state index in [1.165, 1.54) is 77.3 Å². The lowest BCUT2D eigenvalue weighted by atomic mass is 9.91. The fourth-order valence-electron chi connectivity index (χ4n) is 4.26. The van der Waals surface area contributed by atoms with Crippen LogP contribution >= 0.6 is 0 Å². The number of nitrogens with two attached hydrogens (primary N) is 1. The first-order chi connectivity index (χ1) is 9.33. The van der Waals surface area contributed by atoms with Gasteiger partial charge in [-0.05, 0) is 70.0 Å². The molecule has 1 aliphatic carbocycles. The zero-order valence-corrected chi connectivity index (χ0v) is 12.9. The van der Waals surface area contributed by atoms with Crippen LogP contribution in [-0.4, -0.2) is 30.6 Å². The molecule has 1 heterocycles. The van der Waals surface area contributed by atoms with E-state index >= 15 is 0 Å². The first-order valence-corrected chi connectivity index (χ1v) is 8.77. The standard InChI is InChI=1S/C17H34N2/c1-2-4-15-5-3-6-17(8-7-15)19-13-10-16(9-12-18)11-14-19/h15-17H,2-14,18H2,1H3. The average Bonchev–Trinajstić information content (AvgIpc) is 2.66. The van der Waals surface area contributed by atoms with Gasteiger partial charge in [-0.3, -0.25) is 0 Å². The maximum absolute atomic E-state index is 5.69. The van der Waals surface area contributed by atoms with E-state index in [4.69, 9.17) is 5.73 Å². The maximum atomic E-state index is 5.69. The van der Waals surface area contributed by atoms with Crippen LogP contribution in [0.3, 0.4) is 0 Å². The van der Waals surface area contributed by atoms with Crippen molar-refractivity contribution in [3.63, 3.8) is 0 Å². The molecule has 2 nitrogen and oxygen atoms in total. The van der Waals surface area contributed by atoms with Gasteiger partial charge in [-0.25, -0.2) is 0 Å². The van der Waals surface area contributed by atoms with Crippen molar-refractivity contribution in [1.82, 2.24) is 4.90 Å². The minimum atomic E-state index is 0.882. The van der Waals surface area contributed by atoms with Crippen LogP contribution in [0.5, 0.6) is 0 Å². The van der Waals surface area contributed by atoms with E-state index < -0.39 is 0 Å². The molecule has 1 aliphatic heterocycles. The lowest BCUT2D eigenvalue weighted by Crippen LogP contribution is -2.41. The molecule has 0 radical (unpaired) electrons. The highest BCUT2D eigenvalue weighted by molar-refractivity contribution is 4.81. The second kappa shape index (κ2) is 8.26. The van der Waals surface area contributed by atoms with Crippen LogP contribution in [0.4, 0.5) is 0 Å². The molecule has 0 spiro atoms. The molecule has 19 heavy (non-hydrogen) atoms. The molecule has 2 rings (SSSR count). The van der Waals surface area contributed by atoms with Gasteiger partial charge in [-0.15, -0.1) is 0 Å². The first-order valence-electron chi connectivity index (χ1n) is 8.77. The molecule has 112 valence electrons. The number of nitrogens with zero attached hydrogens (tertiary/aromatic N) is 1. The summed E-state index contributed by atoms with van der Waals surface area (Å²) in [5.74, 6) is 1.95. The third kappa shape index (κ3) is 4.75. The van der Waals surface area contributed by atoms with Gasteiger partial charge in [-0.2, -0.15) is 0 Å². The Kier molecular flexibility index (Phi) is 6.66. The average molecular weight is 266 g/mol. The summed E-state index contributed by atoms with van der Waals surface area (Å²) in [6.45, 7) is 5.90. The number of piperidine rings is 1. The molecule has 2 N–H and O–H groups in total. The van der Waals surface area contributed by atoms with Crippen LogP contribution in [0, 0.1) is 11.8 Å². The molecule has 2 atom stereocenters. The van der Waals surface area contributed by atoms with E-state index in [2.05, 4.69) is 11.8 Å². The van der Waals surface area contributed by atoms with Crippen LogP contribution in [0.2, 0.25) is 0 Å². The van der Waals surface area contributed by atoms with Gasteiger partial charge in [0.25, 0.3) is 0 Å². The summed E-state index contributed by atoms with van der Waals surface area (Å²) in [6, 6.07) is 0.903. The lowest BCUT2D eigenvalue weighted by Gasteiger charge is -2.37. The predicted octanol–water partition coefficient (Wildman–Crippen LogP) is 3.80. The van der Waals surface area contributed by atoms with Crippen LogP contribution in [0.1, 0.15) is 71.1 Å². The monoisotopic (exact) mass is 266 g/mol. The van der Waals surface area contributed by atoms with Gasteiger partial charge < -0.3 is 10.6 Å². The predicted molar refractivity (Wildman–Crippen MR) is 83.2 cm³/mol. The van der Waals surface area contributed by atoms with Crippen LogP contribution in [0.15, 0.2) is 0 Å². The molecule has 1 saturated heterocycles. The number of likely N-dealkylation sites (tertiary alicyclic amines) is 1. The Labute approximate surface area is 120 Å². The Morgan fingerprint density at radius 2 is 1.63 bits per heavy atom. The summed E-state index contributed by atoms with van der Waals surface area (Å²) in [7, 11) is 0. The minimum absolute atomic E-state index is 0.882. The van der Waals surface area contributed by atoms with Crippen LogP contribution in [-0.2, 0) is 0 Å². The fourth-order valence-corrected chi connectivity index (χ4v) is 4.26. The zero-order chi connectivity index (χ0) is 13.5. The molecule has 0 aromatic rings. The van der Waals surface area contributed by atoms with Crippen molar-refractivity contribution < 1.29 is 0 Å². The highest BCUT2D eigenvalue weighted by atomic mass is 15.2. The first kappa shape index (κ1) is 15.3. The number of rotatable bonds is 5. The quantitative estimate of drug-likeness (QED) is 0.767. The molecule has 0 aromatic heterocycles. The smallest absolute Gasteiger partial charge is 0.00953 e. The summed E-state index contributed by atoms with van der Waals surface area (Å²) in [4.78, 5) is 2.81. The number of hydrogen-bond acceptors (Lipinski definition) is 2. The van der Waals surface area contributed by atoms with Gasteiger partial charge in [-0.1, -0.05) is 32.6 Å². The topological polar surface area (TPSA) is 29.3 Å². The third-order valence-electron chi connectivity index (χ3n) is 5.50. The molecule has 1 saturated carbocycles. The van der Waals surface area contributed by atoms with Gasteiger partial charge in [0.15, 0.2) is 0 Å². The van der Waals surface area contributed by atoms with Gasteiger partial charge in [0.2, 0.25) is 0 Å². The molecule has 0 aromatic carbocycles. The van der Waals surface area contributed by atoms with Crippen molar-refractivity contribution in [2.24, 2.45) is 17.6 Å². The Morgan fingerprint density at radius 3 is 2.32 bits per heavy atom. The van der Waals surface area contributed by atoms with Crippen molar-refractivity contribution in [3.05, 3.63) is 0 Å². The van der Waals surface area contributed by atoms with E-state index in [1.54, 1.807) is 0 Å². The van der Waals surface area contributed by atoms with E-state index in [9.17, 15) is 0 Å². The second-order valence-electron chi connectivity index (χ2n) is 6.87. The van der Waals surface area contributed by atoms with E-state index in [1.807, 2.05) is 0 Å². The lowest BCUT2D eigenvalue weighted by molar-refractivity contribution is 0.118. The van der Waals surface area contributed by atoms with Crippen LogP contribution in [0.25, 0.3) is 0 Å². The molecule has 2 aliphatic rings. The van der Waals surface area contributed by atoms with Gasteiger partial charge in [0.1, 0.15) is 0 Å². The highest BCUT2D eigenvalue weighted by Gasteiger charge is 2.26. The Bertz CT molecular complexity index is 233. The van der Waals surface area contributed by atoms with E-state index in [0.717, 1.165) is 24.4 Å². The van der Waals surface area contributed by atoms with Gasteiger partial charge in [0.05, 0.1) is 0 Å². The SMILES string of the molecule is CCCC1CCCC(N2CCC(CCN)CC2)CC1.